The Morgan fingerprint density at radius 2 is 2.05 bits per heavy atom. The first-order chi connectivity index (χ1) is 9.56. The van der Waals surface area contributed by atoms with Gasteiger partial charge in [0.15, 0.2) is 6.61 Å². The molecule has 0 aromatic heterocycles. The highest BCUT2D eigenvalue weighted by atomic mass is 19.1. The first-order valence-electron chi connectivity index (χ1n) is 6.51. The van der Waals surface area contributed by atoms with Gasteiger partial charge in [-0.15, -0.1) is 0 Å². The van der Waals surface area contributed by atoms with Gasteiger partial charge in [0.2, 0.25) is 0 Å². The molecule has 0 unspecified atom stereocenters. The van der Waals surface area contributed by atoms with Gasteiger partial charge in [-0.25, -0.2) is 9.18 Å². The van der Waals surface area contributed by atoms with Crippen LogP contribution in [0.1, 0.15) is 36.0 Å². The Morgan fingerprint density at radius 3 is 2.65 bits per heavy atom. The van der Waals surface area contributed by atoms with Gasteiger partial charge in [0.05, 0.1) is 5.56 Å². The van der Waals surface area contributed by atoms with Crippen LogP contribution in [0.5, 0.6) is 5.75 Å². The van der Waals surface area contributed by atoms with Crippen LogP contribution in [-0.2, 0) is 4.79 Å². The molecule has 1 aliphatic rings. The predicted octanol–water partition coefficient (Wildman–Crippen LogP) is 1.96. The molecule has 0 atom stereocenters. The molecule has 1 aromatic carbocycles. The SMILES string of the molecule is O=C(COc1ccc(C(=O)O)c(F)c1)NC1CCCC1. The number of carbonyl (C=O) groups is 2. The van der Waals surface area contributed by atoms with Crippen LogP contribution in [0, 0.1) is 5.82 Å². The van der Waals surface area contributed by atoms with Crippen LogP contribution in [0.2, 0.25) is 0 Å². The first kappa shape index (κ1) is 14.3. The van der Waals surface area contributed by atoms with E-state index in [0.29, 0.717) is 0 Å². The quantitative estimate of drug-likeness (QED) is 0.865. The van der Waals surface area contributed by atoms with Crippen LogP contribution in [0.15, 0.2) is 18.2 Å². The highest BCUT2D eigenvalue weighted by Crippen LogP contribution is 2.18. The van der Waals surface area contributed by atoms with E-state index in [-0.39, 0.29) is 24.3 Å². The number of benzene rings is 1. The molecule has 0 radical (unpaired) electrons. The van der Waals surface area contributed by atoms with E-state index in [1.54, 1.807) is 0 Å². The molecular formula is C14H16FNO4. The van der Waals surface area contributed by atoms with Crippen LogP contribution < -0.4 is 10.1 Å². The number of carboxylic acid groups (broad SMARTS) is 1. The first-order valence-corrected chi connectivity index (χ1v) is 6.51. The fourth-order valence-electron chi connectivity index (χ4n) is 2.25. The third kappa shape index (κ3) is 3.69. The standard InChI is InChI=1S/C14H16FNO4/c15-12-7-10(5-6-11(12)14(18)19)20-8-13(17)16-9-3-1-2-4-9/h5-7,9H,1-4,8H2,(H,16,17)(H,18,19). The van der Waals surface area contributed by atoms with Gasteiger partial charge in [-0.05, 0) is 25.0 Å². The summed E-state index contributed by atoms with van der Waals surface area (Å²) in [6.07, 6.45) is 4.20. The second kappa shape index (κ2) is 6.36. The fraction of sp³-hybridized carbons (Fsp3) is 0.429. The van der Waals surface area contributed by atoms with Crippen molar-refractivity contribution in [1.82, 2.24) is 5.32 Å². The van der Waals surface area contributed by atoms with Crippen LogP contribution in [0.25, 0.3) is 0 Å². The maximum absolute atomic E-state index is 13.4. The summed E-state index contributed by atoms with van der Waals surface area (Å²) in [6, 6.07) is 3.61. The predicted molar refractivity (Wildman–Crippen MR) is 69.3 cm³/mol. The Kier molecular flexibility index (Phi) is 4.55. The monoisotopic (exact) mass is 281 g/mol. The van der Waals surface area contributed by atoms with E-state index >= 15 is 0 Å². The van der Waals surface area contributed by atoms with E-state index in [0.717, 1.165) is 37.8 Å². The second-order valence-corrected chi connectivity index (χ2v) is 4.78. The van der Waals surface area contributed by atoms with Gasteiger partial charge < -0.3 is 15.2 Å². The summed E-state index contributed by atoms with van der Waals surface area (Å²) in [7, 11) is 0. The lowest BCUT2D eigenvalue weighted by Gasteiger charge is -2.12. The molecule has 108 valence electrons. The van der Waals surface area contributed by atoms with E-state index < -0.39 is 17.3 Å². The third-order valence-corrected chi connectivity index (χ3v) is 3.26. The minimum atomic E-state index is -1.34. The number of carbonyl (C=O) groups excluding carboxylic acids is 1. The van der Waals surface area contributed by atoms with E-state index in [9.17, 15) is 14.0 Å². The molecule has 20 heavy (non-hydrogen) atoms. The van der Waals surface area contributed by atoms with Gasteiger partial charge in [0.1, 0.15) is 11.6 Å². The van der Waals surface area contributed by atoms with Crippen molar-refractivity contribution >= 4 is 11.9 Å². The van der Waals surface area contributed by atoms with Crippen LogP contribution in [0.4, 0.5) is 4.39 Å². The number of hydrogen-bond acceptors (Lipinski definition) is 3. The van der Waals surface area contributed by atoms with Crippen LogP contribution in [-0.4, -0.2) is 29.6 Å². The van der Waals surface area contributed by atoms with Crippen molar-refractivity contribution in [1.29, 1.82) is 0 Å². The van der Waals surface area contributed by atoms with Crippen molar-refractivity contribution in [2.24, 2.45) is 0 Å². The summed E-state index contributed by atoms with van der Waals surface area (Å²) in [5, 5.41) is 11.5. The van der Waals surface area contributed by atoms with Crippen molar-refractivity contribution in [2.75, 3.05) is 6.61 Å². The van der Waals surface area contributed by atoms with E-state index in [4.69, 9.17) is 9.84 Å². The van der Waals surface area contributed by atoms with Gasteiger partial charge in [-0.2, -0.15) is 0 Å². The van der Waals surface area contributed by atoms with Gasteiger partial charge in [0.25, 0.3) is 5.91 Å². The van der Waals surface area contributed by atoms with Crippen molar-refractivity contribution in [2.45, 2.75) is 31.7 Å². The number of ether oxygens (including phenoxy) is 1. The summed E-state index contributed by atoms with van der Waals surface area (Å²) in [5.74, 6) is -2.34. The van der Waals surface area contributed by atoms with Gasteiger partial charge in [-0.3, -0.25) is 4.79 Å². The summed E-state index contributed by atoms with van der Waals surface area (Å²) in [6.45, 7) is -0.206. The molecule has 0 heterocycles. The highest BCUT2D eigenvalue weighted by Gasteiger charge is 2.17. The number of aromatic carboxylic acids is 1. The molecule has 1 aromatic rings. The zero-order valence-corrected chi connectivity index (χ0v) is 10.9. The average Bonchev–Trinajstić information content (AvgIpc) is 2.89. The number of carboxylic acids is 1. The van der Waals surface area contributed by atoms with Crippen LogP contribution in [0.3, 0.4) is 0 Å². The van der Waals surface area contributed by atoms with E-state index in [1.807, 2.05) is 0 Å². The highest BCUT2D eigenvalue weighted by molar-refractivity contribution is 5.88. The van der Waals surface area contributed by atoms with E-state index in [1.165, 1.54) is 6.07 Å². The van der Waals surface area contributed by atoms with Gasteiger partial charge in [-0.1, -0.05) is 12.8 Å². The number of rotatable bonds is 5. The Labute approximate surface area is 115 Å². The average molecular weight is 281 g/mol. The van der Waals surface area contributed by atoms with Crippen molar-refractivity contribution in [3.63, 3.8) is 0 Å². The van der Waals surface area contributed by atoms with Crippen molar-refractivity contribution in [3.05, 3.63) is 29.6 Å². The second-order valence-electron chi connectivity index (χ2n) is 4.78. The Bertz CT molecular complexity index is 512. The molecule has 0 bridgehead atoms. The lowest BCUT2D eigenvalue weighted by molar-refractivity contribution is -0.123. The van der Waals surface area contributed by atoms with Crippen molar-refractivity contribution < 1.29 is 23.8 Å². The smallest absolute Gasteiger partial charge is 0.338 e. The van der Waals surface area contributed by atoms with Crippen LogP contribution >= 0.6 is 0 Å². The lowest BCUT2D eigenvalue weighted by atomic mass is 10.2. The topological polar surface area (TPSA) is 75.6 Å². The maximum Gasteiger partial charge on any atom is 0.338 e. The number of halogens is 1. The summed E-state index contributed by atoms with van der Waals surface area (Å²) in [4.78, 5) is 22.3. The maximum atomic E-state index is 13.4. The molecule has 5 nitrogen and oxygen atoms in total. The molecule has 0 aliphatic heterocycles. The van der Waals surface area contributed by atoms with Gasteiger partial charge >= 0.3 is 5.97 Å². The summed E-state index contributed by atoms with van der Waals surface area (Å²) < 4.78 is 18.5. The number of hydrogen-bond donors (Lipinski definition) is 2. The molecule has 2 rings (SSSR count). The zero-order chi connectivity index (χ0) is 14.5. The normalized spacial score (nSPS) is 15.1. The molecule has 1 fully saturated rings. The Balaban J connectivity index is 1.85. The molecule has 6 heteroatoms. The molecule has 0 spiro atoms. The summed E-state index contributed by atoms with van der Waals surface area (Å²) in [5.41, 5.74) is -0.423. The minimum Gasteiger partial charge on any atom is -0.484 e. The third-order valence-electron chi connectivity index (χ3n) is 3.26. The molecule has 1 amide bonds. The Hall–Kier alpha value is -2.11. The number of nitrogens with one attached hydrogen (secondary N) is 1. The molecule has 1 saturated carbocycles. The molecule has 0 saturated heterocycles. The largest absolute Gasteiger partial charge is 0.484 e. The van der Waals surface area contributed by atoms with Gasteiger partial charge in [0, 0.05) is 12.1 Å². The fourth-order valence-corrected chi connectivity index (χ4v) is 2.25. The molecular weight excluding hydrogens is 265 g/mol. The molecule has 2 N–H and O–H groups in total. The van der Waals surface area contributed by atoms with E-state index in [2.05, 4.69) is 5.32 Å². The zero-order valence-electron chi connectivity index (χ0n) is 10.9. The number of amides is 1. The minimum absolute atomic E-state index is 0.133. The summed E-state index contributed by atoms with van der Waals surface area (Å²) >= 11 is 0. The van der Waals surface area contributed by atoms with Crippen molar-refractivity contribution in [3.8, 4) is 5.75 Å². The Morgan fingerprint density at radius 1 is 1.35 bits per heavy atom. The lowest BCUT2D eigenvalue weighted by Crippen LogP contribution is -2.36. The molecule has 1 aliphatic carbocycles.